The van der Waals surface area contributed by atoms with Gasteiger partial charge in [-0.1, -0.05) is 0 Å². The molecule has 0 saturated heterocycles. The molecule has 1 atom stereocenters. The minimum absolute atomic E-state index is 0.264. The topological polar surface area (TPSA) is 61.5 Å². The zero-order valence-corrected chi connectivity index (χ0v) is 12.5. The lowest BCUT2D eigenvalue weighted by molar-refractivity contribution is -0.140. The number of nitrogens with two attached hydrogens (primary N) is 1. The van der Waals surface area contributed by atoms with Crippen LogP contribution in [0, 0.1) is 5.82 Å². The van der Waals surface area contributed by atoms with E-state index in [4.69, 9.17) is 10.5 Å². The molecule has 6 heteroatoms. The molecule has 1 unspecified atom stereocenters. The van der Waals surface area contributed by atoms with Crippen LogP contribution in [0.2, 0.25) is 0 Å². The lowest BCUT2D eigenvalue weighted by Crippen LogP contribution is -2.13. The number of carbonyl (C=O) groups is 1. The molecule has 0 spiro atoms. The van der Waals surface area contributed by atoms with Crippen molar-refractivity contribution in [2.45, 2.75) is 25.3 Å². The van der Waals surface area contributed by atoms with E-state index in [9.17, 15) is 9.18 Å². The van der Waals surface area contributed by atoms with Gasteiger partial charge in [0.05, 0.1) is 18.7 Å². The quantitative estimate of drug-likeness (QED) is 0.813. The van der Waals surface area contributed by atoms with Crippen molar-refractivity contribution in [3.8, 4) is 5.75 Å². The largest absolute Gasteiger partial charge is 0.496 e. The molecule has 0 amide bonds. The molecule has 1 aromatic carbocycles. The molecular weight excluding hydrogens is 317 g/mol. The van der Waals surface area contributed by atoms with E-state index >= 15 is 0 Å². The van der Waals surface area contributed by atoms with Gasteiger partial charge in [-0.05, 0) is 34.8 Å². The van der Waals surface area contributed by atoms with E-state index < -0.39 is 5.82 Å². The van der Waals surface area contributed by atoms with Crippen LogP contribution >= 0.6 is 15.9 Å². The summed E-state index contributed by atoms with van der Waals surface area (Å²) in [6.45, 7) is 0. The monoisotopic (exact) mass is 333 g/mol. The summed E-state index contributed by atoms with van der Waals surface area (Å²) in [6.07, 6.45) is 1.50. The number of benzene rings is 1. The van der Waals surface area contributed by atoms with Crippen LogP contribution < -0.4 is 10.5 Å². The van der Waals surface area contributed by atoms with Gasteiger partial charge in [-0.2, -0.15) is 0 Å². The third-order valence-electron chi connectivity index (χ3n) is 2.80. The molecule has 19 heavy (non-hydrogen) atoms. The summed E-state index contributed by atoms with van der Waals surface area (Å²) in [5.41, 5.74) is 6.75. The number of rotatable bonds is 6. The van der Waals surface area contributed by atoms with E-state index in [1.807, 2.05) is 0 Å². The van der Waals surface area contributed by atoms with E-state index in [1.165, 1.54) is 20.3 Å². The maximum absolute atomic E-state index is 13.4. The van der Waals surface area contributed by atoms with Gasteiger partial charge in [0.2, 0.25) is 0 Å². The predicted molar refractivity (Wildman–Crippen MR) is 73.4 cm³/mol. The lowest BCUT2D eigenvalue weighted by atomic mass is 10.0. The summed E-state index contributed by atoms with van der Waals surface area (Å²) in [4.78, 5) is 11.0. The molecule has 0 fully saturated rings. The Morgan fingerprint density at radius 1 is 1.47 bits per heavy atom. The molecule has 1 aromatic rings. The minimum atomic E-state index is -0.401. The van der Waals surface area contributed by atoms with Crippen molar-refractivity contribution in [3.05, 3.63) is 28.0 Å². The number of hydrogen-bond donors (Lipinski definition) is 1. The Bertz CT molecular complexity index is 454. The average Bonchev–Trinajstić information content (AvgIpc) is 2.40. The van der Waals surface area contributed by atoms with Crippen molar-refractivity contribution in [3.63, 3.8) is 0 Å². The van der Waals surface area contributed by atoms with Crippen LogP contribution in [0.15, 0.2) is 16.6 Å². The molecule has 0 saturated carbocycles. The third-order valence-corrected chi connectivity index (χ3v) is 3.40. The molecule has 1 rings (SSSR count). The number of esters is 1. The van der Waals surface area contributed by atoms with Crippen molar-refractivity contribution in [2.75, 3.05) is 14.2 Å². The fourth-order valence-corrected chi connectivity index (χ4v) is 2.10. The Morgan fingerprint density at radius 3 is 2.74 bits per heavy atom. The van der Waals surface area contributed by atoms with Gasteiger partial charge in [0, 0.05) is 24.1 Å². The molecule has 0 radical (unpaired) electrons. The standard InChI is InChI=1S/C13H17BrFNO3/c1-18-12-7-10(15)9(14)6-8(12)11(16)4-3-5-13(17)19-2/h6-7,11H,3-5,16H2,1-2H3. The summed E-state index contributed by atoms with van der Waals surface area (Å²) in [6, 6.07) is 2.58. The van der Waals surface area contributed by atoms with Crippen LogP contribution in [0.5, 0.6) is 5.75 Å². The first-order valence-electron chi connectivity index (χ1n) is 5.85. The Balaban J connectivity index is 2.73. The second-order valence-electron chi connectivity index (χ2n) is 4.08. The van der Waals surface area contributed by atoms with Gasteiger partial charge >= 0.3 is 5.97 Å². The minimum Gasteiger partial charge on any atom is -0.496 e. The van der Waals surface area contributed by atoms with Crippen molar-refractivity contribution in [1.82, 2.24) is 0 Å². The molecule has 4 nitrogen and oxygen atoms in total. The Labute approximate surface area is 120 Å². The van der Waals surface area contributed by atoms with Gasteiger partial charge in [-0.25, -0.2) is 4.39 Å². The highest BCUT2D eigenvalue weighted by Crippen LogP contribution is 2.31. The highest BCUT2D eigenvalue weighted by atomic mass is 79.9. The molecule has 2 N–H and O–H groups in total. The number of halogens is 2. The number of hydrogen-bond acceptors (Lipinski definition) is 4. The molecule has 0 aliphatic carbocycles. The summed E-state index contributed by atoms with van der Waals surface area (Å²) in [5, 5.41) is 0. The van der Waals surface area contributed by atoms with Crippen LogP contribution in [0.25, 0.3) is 0 Å². The first-order chi connectivity index (χ1) is 8.99. The molecular formula is C13H17BrFNO3. The van der Waals surface area contributed by atoms with Gasteiger partial charge in [0.1, 0.15) is 11.6 Å². The Hall–Kier alpha value is -1.14. The van der Waals surface area contributed by atoms with Gasteiger partial charge < -0.3 is 15.2 Å². The fourth-order valence-electron chi connectivity index (χ4n) is 1.73. The zero-order chi connectivity index (χ0) is 14.4. The van der Waals surface area contributed by atoms with Gasteiger partial charge in [-0.15, -0.1) is 0 Å². The molecule has 0 heterocycles. The normalized spacial score (nSPS) is 12.1. The SMILES string of the molecule is COC(=O)CCCC(N)c1cc(Br)c(F)cc1OC. The van der Waals surface area contributed by atoms with E-state index in [1.54, 1.807) is 6.07 Å². The van der Waals surface area contributed by atoms with Crippen LogP contribution in [-0.4, -0.2) is 20.2 Å². The molecule has 0 aliphatic rings. The van der Waals surface area contributed by atoms with Crippen molar-refractivity contribution >= 4 is 21.9 Å². The molecule has 0 bridgehead atoms. The zero-order valence-electron chi connectivity index (χ0n) is 10.9. The smallest absolute Gasteiger partial charge is 0.305 e. The van der Waals surface area contributed by atoms with E-state index in [2.05, 4.69) is 20.7 Å². The van der Waals surface area contributed by atoms with E-state index in [-0.39, 0.29) is 12.0 Å². The summed E-state index contributed by atoms with van der Waals surface area (Å²) >= 11 is 3.12. The van der Waals surface area contributed by atoms with Gasteiger partial charge in [0.15, 0.2) is 0 Å². The van der Waals surface area contributed by atoms with Crippen molar-refractivity contribution in [1.29, 1.82) is 0 Å². The third kappa shape index (κ3) is 4.47. The number of methoxy groups -OCH3 is 2. The fraction of sp³-hybridized carbons (Fsp3) is 0.462. The lowest BCUT2D eigenvalue weighted by Gasteiger charge is -2.16. The molecule has 0 aromatic heterocycles. The Morgan fingerprint density at radius 2 is 2.16 bits per heavy atom. The van der Waals surface area contributed by atoms with Crippen molar-refractivity contribution < 1.29 is 18.7 Å². The van der Waals surface area contributed by atoms with Crippen LogP contribution in [0.3, 0.4) is 0 Å². The van der Waals surface area contributed by atoms with Crippen molar-refractivity contribution in [2.24, 2.45) is 5.73 Å². The van der Waals surface area contributed by atoms with Crippen LogP contribution in [-0.2, 0) is 9.53 Å². The second kappa shape index (κ2) is 7.45. The van der Waals surface area contributed by atoms with E-state index in [0.29, 0.717) is 35.0 Å². The summed E-state index contributed by atoms with van der Waals surface area (Å²) in [7, 11) is 2.82. The average molecular weight is 334 g/mol. The predicted octanol–water partition coefficient (Wildman–Crippen LogP) is 2.94. The van der Waals surface area contributed by atoms with Gasteiger partial charge in [0.25, 0.3) is 0 Å². The van der Waals surface area contributed by atoms with Crippen LogP contribution in [0.4, 0.5) is 4.39 Å². The molecule has 0 aliphatic heterocycles. The Kier molecular flexibility index (Phi) is 6.24. The maximum atomic E-state index is 13.4. The molecule has 106 valence electrons. The number of ether oxygens (including phenoxy) is 2. The highest BCUT2D eigenvalue weighted by Gasteiger charge is 2.15. The first-order valence-corrected chi connectivity index (χ1v) is 6.64. The second-order valence-corrected chi connectivity index (χ2v) is 4.94. The highest BCUT2D eigenvalue weighted by molar-refractivity contribution is 9.10. The number of carbonyl (C=O) groups excluding carboxylic acids is 1. The summed E-state index contributed by atoms with van der Waals surface area (Å²) in [5.74, 6) is -0.256. The van der Waals surface area contributed by atoms with E-state index in [0.717, 1.165) is 0 Å². The van der Waals surface area contributed by atoms with Gasteiger partial charge in [-0.3, -0.25) is 4.79 Å². The first kappa shape index (κ1) is 15.9. The maximum Gasteiger partial charge on any atom is 0.305 e. The van der Waals surface area contributed by atoms with Crippen LogP contribution in [0.1, 0.15) is 30.9 Å². The summed E-state index contributed by atoms with van der Waals surface area (Å²) < 4.78 is 23.4.